The number of hydrogen-bond acceptors (Lipinski definition) is 3. The van der Waals surface area contributed by atoms with Crippen molar-refractivity contribution in [3.8, 4) is 0 Å². The third-order valence-electron chi connectivity index (χ3n) is 4.43. The summed E-state index contributed by atoms with van der Waals surface area (Å²) >= 11 is 0. The Labute approximate surface area is 149 Å². The average Bonchev–Trinajstić information content (AvgIpc) is 3.48. The van der Waals surface area contributed by atoms with Crippen LogP contribution in [0.3, 0.4) is 0 Å². The molecule has 1 aliphatic rings. The summed E-state index contributed by atoms with van der Waals surface area (Å²) in [7, 11) is 0. The fourth-order valence-corrected chi connectivity index (χ4v) is 2.84. The Morgan fingerprint density at radius 1 is 1.08 bits per heavy atom. The summed E-state index contributed by atoms with van der Waals surface area (Å²) in [5, 5.41) is 15.4. The molecule has 7 heteroatoms. The lowest BCUT2D eigenvalue weighted by molar-refractivity contribution is -0.137. The number of rotatable bonds is 5. The van der Waals surface area contributed by atoms with Crippen LogP contribution in [0.4, 0.5) is 14.5 Å². The van der Waals surface area contributed by atoms with E-state index in [0.29, 0.717) is 11.6 Å². The third-order valence-corrected chi connectivity index (χ3v) is 4.43. The van der Waals surface area contributed by atoms with Crippen LogP contribution < -0.4 is 10.6 Å². The molecule has 0 aliphatic heterocycles. The van der Waals surface area contributed by atoms with E-state index in [9.17, 15) is 23.5 Å². The first-order chi connectivity index (χ1) is 12.4. The molecule has 0 radical (unpaired) electrons. The lowest BCUT2D eigenvalue weighted by atomic mass is 9.88. The Kier molecular flexibility index (Phi) is 4.99. The van der Waals surface area contributed by atoms with Crippen LogP contribution in [-0.4, -0.2) is 23.5 Å². The molecule has 0 heterocycles. The monoisotopic (exact) mass is 360 g/mol. The lowest BCUT2D eigenvalue weighted by Gasteiger charge is -2.29. The molecule has 1 aliphatic carbocycles. The highest BCUT2D eigenvalue weighted by molar-refractivity contribution is 6.39. The predicted octanol–water partition coefficient (Wildman–Crippen LogP) is 2.32. The van der Waals surface area contributed by atoms with Crippen molar-refractivity contribution in [3.05, 3.63) is 65.7 Å². The van der Waals surface area contributed by atoms with Gasteiger partial charge in [0.15, 0.2) is 0 Å². The van der Waals surface area contributed by atoms with Gasteiger partial charge in [-0.2, -0.15) is 0 Å². The molecule has 5 nitrogen and oxygen atoms in total. The fraction of sp³-hybridized carbons (Fsp3) is 0.263. The maximum atomic E-state index is 13.6. The van der Waals surface area contributed by atoms with Gasteiger partial charge in [0.05, 0.1) is 12.2 Å². The first-order valence-corrected chi connectivity index (χ1v) is 8.22. The van der Waals surface area contributed by atoms with E-state index < -0.39 is 29.0 Å². The largest absolute Gasteiger partial charge is 0.383 e. The van der Waals surface area contributed by atoms with Gasteiger partial charge in [0.2, 0.25) is 0 Å². The Morgan fingerprint density at radius 3 is 2.38 bits per heavy atom. The summed E-state index contributed by atoms with van der Waals surface area (Å²) in [6.07, 6.45) is 1.66. The Bertz CT molecular complexity index is 825. The number of halogens is 2. The van der Waals surface area contributed by atoms with E-state index in [-0.39, 0.29) is 18.2 Å². The van der Waals surface area contributed by atoms with Crippen molar-refractivity contribution in [2.45, 2.75) is 18.4 Å². The number of aliphatic hydroxyl groups is 1. The van der Waals surface area contributed by atoms with E-state index in [0.717, 1.165) is 25.0 Å². The van der Waals surface area contributed by atoms with Gasteiger partial charge in [0, 0.05) is 6.07 Å². The van der Waals surface area contributed by atoms with E-state index in [2.05, 4.69) is 10.6 Å². The van der Waals surface area contributed by atoms with Gasteiger partial charge < -0.3 is 15.7 Å². The van der Waals surface area contributed by atoms with Crippen molar-refractivity contribution in [2.24, 2.45) is 5.92 Å². The van der Waals surface area contributed by atoms with Crippen molar-refractivity contribution < 1.29 is 23.5 Å². The average molecular weight is 360 g/mol. The van der Waals surface area contributed by atoms with Gasteiger partial charge in [-0.05, 0) is 36.5 Å². The molecule has 2 amide bonds. The Balaban J connectivity index is 1.64. The number of carbonyl (C=O) groups excluding carboxylic acids is 2. The summed E-state index contributed by atoms with van der Waals surface area (Å²) in [4.78, 5) is 23.9. The van der Waals surface area contributed by atoms with Gasteiger partial charge >= 0.3 is 11.8 Å². The molecule has 1 fully saturated rings. The zero-order valence-electron chi connectivity index (χ0n) is 13.8. The summed E-state index contributed by atoms with van der Waals surface area (Å²) < 4.78 is 26.4. The number of nitrogens with one attached hydrogen (secondary N) is 2. The van der Waals surface area contributed by atoms with Crippen molar-refractivity contribution in [1.82, 2.24) is 5.32 Å². The first-order valence-electron chi connectivity index (χ1n) is 8.22. The number of carbonyl (C=O) groups is 2. The van der Waals surface area contributed by atoms with Gasteiger partial charge in [-0.1, -0.05) is 30.3 Å². The van der Waals surface area contributed by atoms with E-state index in [1.54, 1.807) is 24.3 Å². The molecule has 136 valence electrons. The van der Waals surface area contributed by atoms with Crippen molar-refractivity contribution in [2.75, 3.05) is 11.9 Å². The smallest absolute Gasteiger partial charge is 0.313 e. The van der Waals surface area contributed by atoms with Gasteiger partial charge in [-0.25, -0.2) is 8.78 Å². The normalized spacial score (nSPS) is 15.8. The zero-order valence-corrected chi connectivity index (χ0v) is 13.8. The number of benzene rings is 2. The van der Waals surface area contributed by atoms with E-state index in [1.807, 2.05) is 6.07 Å². The second-order valence-corrected chi connectivity index (χ2v) is 6.33. The first kappa shape index (κ1) is 18.0. The minimum absolute atomic E-state index is 0.00260. The molecular formula is C19H18F2N2O3. The molecule has 0 bridgehead atoms. The topological polar surface area (TPSA) is 78.4 Å². The molecule has 0 saturated heterocycles. The highest BCUT2D eigenvalue weighted by atomic mass is 19.1. The summed E-state index contributed by atoms with van der Waals surface area (Å²) in [5.41, 5.74) is -0.905. The minimum atomic E-state index is -1.27. The lowest BCUT2D eigenvalue weighted by Crippen LogP contribution is -2.45. The molecule has 1 saturated carbocycles. The number of hydrogen-bond donors (Lipinski definition) is 3. The SMILES string of the molecule is O=C(NCC(O)(c1ccccc1)C1CC1)C(=O)Nc1ccc(F)cc1F. The second kappa shape index (κ2) is 7.21. The highest BCUT2D eigenvalue weighted by Crippen LogP contribution is 2.45. The standard InChI is InChI=1S/C19H18F2N2O3/c20-14-8-9-16(15(21)10-14)23-18(25)17(24)22-11-19(26,13-6-7-13)12-4-2-1-3-5-12/h1-5,8-10,13,26H,6-7,11H2,(H,22,24)(H,23,25). The molecule has 3 N–H and O–H groups in total. The Morgan fingerprint density at radius 2 is 1.77 bits per heavy atom. The predicted molar refractivity (Wildman–Crippen MR) is 91.1 cm³/mol. The molecule has 1 unspecified atom stereocenters. The fourth-order valence-electron chi connectivity index (χ4n) is 2.84. The quantitative estimate of drug-likeness (QED) is 0.716. The van der Waals surface area contributed by atoms with Crippen LogP contribution in [0.5, 0.6) is 0 Å². The molecule has 0 aromatic heterocycles. The molecular weight excluding hydrogens is 342 g/mol. The van der Waals surface area contributed by atoms with Crippen LogP contribution in [0.2, 0.25) is 0 Å². The van der Waals surface area contributed by atoms with Crippen molar-refractivity contribution in [1.29, 1.82) is 0 Å². The van der Waals surface area contributed by atoms with Gasteiger partial charge in [0.1, 0.15) is 17.2 Å². The molecule has 26 heavy (non-hydrogen) atoms. The third kappa shape index (κ3) is 3.88. The van der Waals surface area contributed by atoms with Crippen LogP contribution in [0.15, 0.2) is 48.5 Å². The van der Waals surface area contributed by atoms with Crippen molar-refractivity contribution >= 4 is 17.5 Å². The molecule has 1 atom stereocenters. The van der Waals surface area contributed by atoms with Crippen LogP contribution in [-0.2, 0) is 15.2 Å². The van der Waals surface area contributed by atoms with Crippen molar-refractivity contribution in [3.63, 3.8) is 0 Å². The van der Waals surface area contributed by atoms with Crippen LogP contribution >= 0.6 is 0 Å². The van der Waals surface area contributed by atoms with Gasteiger partial charge in [0.25, 0.3) is 0 Å². The van der Waals surface area contributed by atoms with Gasteiger partial charge in [-0.3, -0.25) is 9.59 Å². The molecule has 2 aromatic rings. The Hall–Kier alpha value is -2.80. The maximum Gasteiger partial charge on any atom is 0.313 e. The summed E-state index contributed by atoms with van der Waals surface area (Å²) in [6.45, 7) is -0.139. The van der Waals surface area contributed by atoms with E-state index in [1.165, 1.54) is 0 Å². The molecule has 3 rings (SSSR count). The van der Waals surface area contributed by atoms with Crippen LogP contribution in [0.1, 0.15) is 18.4 Å². The maximum absolute atomic E-state index is 13.6. The molecule has 2 aromatic carbocycles. The van der Waals surface area contributed by atoms with E-state index in [4.69, 9.17) is 0 Å². The number of amides is 2. The highest BCUT2D eigenvalue weighted by Gasteiger charge is 2.45. The number of anilines is 1. The summed E-state index contributed by atoms with van der Waals surface area (Å²) in [5.74, 6) is -3.87. The summed E-state index contributed by atoms with van der Waals surface area (Å²) in [6, 6.07) is 11.5. The van der Waals surface area contributed by atoms with Crippen LogP contribution in [0.25, 0.3) is 0 Å². The van der Waals surface area contributed by atoms with E-state index >= 15 is 0 Å². The molecule has 0 spiro atoms. The van der Waals surface area contributed by atoms with Gasteiger partial charge in [-0.15, -0.1) is 0 Å². The minimum Gasteiger partial charge on any atom is -0.383 e. The second-order valence-electron chi connectivity index (χ2n) is 6.33. The van der Waals surface area contributed by atoms with Crippen LogP contribution in [0, 0.1) is 17.6 Å². The zero-order chi connectivity index (χ0) is 18.7.